The van der Waals surface area contributed by atoms with Gasteiger partial charge >= 0.3 is 0 Å². The Morgan fingerprint density at radius 3 is 2.50 bits per heavy atom. The van der Waals surface area contributed by atoms with E-state index in [1.54, 1.807) is 19.5 Å². The highest BCUT2D eigenvalue weighted by atomic mass is 16.5. The van der Waals surface area contributed by atoms with Crippen LogP contribution in [0.3, 0.4) is 0 Å². The summed E-state index contributed by atoms with van der Waals surface area (Å²) in [5.74, 6) is 1.66. The Morgan fingerprint density at radius 2 is 1.75 bits per heavy atom. The lowest BCUT2D eigenvalue weighted by Gasteiger charge is -2.09. The molecule has 0 amide bonds. The van der Waals surface area contributed by atoms with Gasteiger partial charge in [-0.1, -0.05) is 18.2 Å². The van der Waals surface area contributed by atoms with Crippen LogP contribution in [0.5, 0.6) is 5.75 Å². The average Bonchev–Trinajstić information content (AvgIpc) is 3.02. The predicted molar refractivity (Wildman–Crippen MR) is 92.9 cm³/mol. The monoisotopic (exact) mass is 316 g/mol. The summed E-state index contributed by atoms with van der Waals surface area (Å²) in [6.45, 7) is 0.670. The fraction of sp³-hybridized carbons (Fsp3) is 0.105. The van der Waals surface area contributed by atoms with Crippen LogP contribution in [-0.2, 0) is 6.54 Å². The summed E-state index contributed by atoms with van der Waals surface area (Å²) in [5.41, 5.74) is 3.71. The van der Waals surface area contributed by atoms with Crippen LogP contribution in [0.15, 0.2) is 67.0 Å². The SMILES string of the molecule is COc1ccc(Cn2c(-c3ccccn3)nc3cccnc32)cc1. The highest BCUT2D eigenvalue weighted by Gasteiger charge is 2.14. The largest absolute Gasteiger partial charge is 0.497 e. The zero-order valence-corrected chi connectivity index (χ0v) is 13.3. The van der Waals surface area contributed by atoms with E-state index in [2.05, 4.69) is 26.7 Å². The van der Waals surface area contributed by atoms with Gasteiger partial charge in [0.05, 0.1) is 13.7 Å². The Hall–Kier alpha value is -3.21. The molecule has 0 aliphatic carbocycles. The van der Waals surface area contributed by atoms with Crippen LogP contribution in [-0.4, -0.2) is 26.6 Å². The summed E-state index contributed by atoms with van der Waals surface area (Å²) >= 11 is 0. The van der Waals surface area contributed by atoms with Gasteiger partial charge in [-0.05, 0) is 42.0 Å². The molecule has 0 atom stereocenters. The first kappa shape index (κ1) is 14.4. The van der Waals surface area contributed by atoms with Gasteiger partial charge in [-0.25, -0.2) is 9.97 Å². The molecule has 1 aromatic carbocycles. The Labute approximate surface area is 139 Å². The van der Waals surface area contributed by atoms with E-state index in [1.807, 2.05) is 42.5 Å². The number of ether oxygens (including phenoxy) is 1. The standard InChI is InChI=1S/C19H16N4O/c1-24-15-9-7-14(8-10-15)13-23-18-17(6-4-12-21-18)22-19(23)16-5-2-3-11-20-16/h2-12H,13H2,1H3. The second kappa shape index (κ2) is 6.12. The molecule has 0 aliphatic heterocycles. The normalized spacial score (nSPS) is 10.9. The lowest BCUT2D eigenvalue weighted by Crippen LogP contribution is -2.04. The molecule has 0 saturated carbocycles. The molecule has 5 nitrogen and oxygen atoms in total. The maximum atomic E-state index is 5.23. The third-order valence-electron chi connectivity index (χ3n) is 3.90. The molecule has 0 radical (unpaired) electrons. The van der Waals surface area contributed by atoms with E-state index in [-0.39, 0.29) is 0 Å². The first-order chi connectivity index (χ1) is 11.8. The average molecular weight is 316 g/mol. The van der Waals surface area contributed by atoms with Gasteiger partial charge in [0.15, 0.2) is 11.5 Å². The third-order valence-corrected chi connectivity index (χ3v) is 3.90. The van der Waals surface area contributed by atoms with Crippen molar-refractivity contribution in [3.8, 4) is 17.3 Å². The molecular weight excluding hydrogens is 300 g/mol. The van der Waals surface area contributed by atoms with E-state index in [4.69, 9.17) is 9.72 Å². The van der Waals surface area contributed by atoms with Crippen molar-refractivity contribution in [3.63, 3.8) is 0 Å². The molecule has 0 fully saturated rings. The van der Waals surface area contributed by atoms with E-state index in [0.29, 0.717) is 6.54 Å². The fourth-order valence-corrected chi connectivity index (χ4v) is 2.71. The molecule has 5 heteroatoms. The van der Waals surface area contributed by atoms with Gasteiger partial charge in [-0.2, -0.15) is 0 Å². The number of fused-ring (bicyclic) bond motifs is 1. The minimum Gasteiger partial charge on any atom is -0.497 e. The zero-order chi connectivity index (χ0) is 16.4. The van der Waals surface area contributed by atoms with Crippen molar-refractivity contribution in [3.05, 3.63) is 72.6 Å². The summed E-state index contributed by atoms with van der Waals surface area (Å²) in [5, 5.41) is 0. The summed E-state index contributed by atoms with van der Waals surface area (Å²) in [6, 6.07) is 17.7. The number of hydrogen-bond donors (Lipinski definition) is 0. The van der Waals surface area contributed by atoms with Crippen molar-refractivity contribution in [1.29, 1.82) is 0 Å². The van der Waals surface area contributed by atoms with Gasteiger partial charge in [0.25, 0.3) is 0 Å². The number of methoxy groups -OCH3 is 1. The molecular formula is C19H16N4O. The number of pyridine rings is 2. The van der Waals surface area contributed by atoms with E-state index in [0.717, 1.165) is 34.0 Å². The predicted octanol–water partition coefficient (Wildman–Crippen LogP) is 3.55. The van der Waals surface area contributed by atoms with Crippen molar-refractivity contribution in [1.82, 2.24) is 19.5 Å². The van der Waals surface area contributed by atoms with Gasteiger partial charge in [0.2, 0.25) is 0 Å². The Bertz CT molecular complexity index is 962. The quantitative estimate of drug-likeness (QED) is 0.578. The van der Waals surface area contributed by atoms with Crippen LogP contribution in [0.25, 0.3) is 22.7 Å². The minimum absolute atomic E-state index is 0.670. The van der Waals surface area contributed by atoms with Gasteiger partial charge < -0.3 is 9.30 Å². The summed E-state index contributed by atoms with van der Waals surface area (Å²) in [6.07, 6.45) is 3.57. The van der Waals surface area contributed by atoms with Crippen molar-refractivity contribution in [2.45, 2.75) is 6.54 Å². The number of imidazole rings is 1. The smallest absolute Gasteiger partial charge is 0.161 e. The van der Waals surface area contributed by atoms with Crippen LogP contribution in [0.4, 0.5) is 0 Å². The number of benzene rings is 1. The van der Waals surface area contributed by atoms with Crippen LogP contribution in [0, 0.1) is 0 Å². The summed E-state index contributed by atoms with van der Waals surface area (Å²) in [4.78, 5) is 13.7. The molecule has 24 heavy (non-hydrogen) atoms. The number of nitrogens with zero attached hydrogens (tertiary/aromatic N) is 4. The van der Waals surface area contributed by atoms with Crippen molar-refractivity contribution in [2.75, 3.05) is 7.11 Å². The van der Waals surface area contributed by atoms with Crippen molar-refractivity contribution >= 4 is 11.2 Å². The highest BCUT2D eigenvalue weighted by molar-refractivity contribution is 5.76. The lowest BCUT2D eigenvalue weighted by atomic mass is 10.2. The van der Waals surface area contributed by atoms with Crippen molar-refractivity contribution < 1.29 is 4.74 Å². The fourth-order valence-electron chi connectivity index (χ4n) is 2.71. The summed E-state index contributed by atoms with van der Waals surface area (Å²) < 4.78 is 7.32. The Morgan fingerprint density at radius 1 is 0.917 bits per heavy atom. The van der Waals surface area contributed by atoms with E-state index in [1.165, 1.54) is 0 Å². The van der Waals surface area contributed by atoms with Gasteiger partial charge in [0, 0.05) is 12.4 Å². The van der Waals surface area contributed by atoms with Crippen molar-refractivity contribution in [2.24, 2.45) is 0 Å². The third kappa shape index (κ3) is 2.60. The zero-order valence-electron chi connectivity index (χ0n) is 13.3. The van der Waals surface area contributed by atoms with Crippen LogP contribution in [0.2, 0.25) is 0 Å². The molecule has 118 valence electrons. The first-order valence-corrected chi connectivity index (χ1v) is 7.71. The van der Waals surface area contributed by atoms with E-state index in [9.17, 15) is 0 Å². The molecule has 0 bridgehead atoms. The van der Waals surface area contributed by atoms with Crippen LogP contribution in [0.1, 0.15) is 5.56 Å². The van der Waals surface area contributed by atoms with Gasteiger partial charge in [-0.15, -0.1) is 0 Å². The molecule has 3 aromatic heterocycles. The van der Waals surface area contributed by atoms with Crippen LogP contribution >= 0.6 is 0 Å². The van der Waals surface area contributed by atoms with Crippen LogP contribution < -0.4 is 4.74 Å². The number of hydrogen-bond acceptors (Lipinski definition) is 4. The van der Waals surface area contributed by atoms with Gasteiger partial charge in [0.1, 0.15) is 17.0 Å². The first-order valence-electron chi connectivity index (χ1n) is 7.71. The molecule has 0 spiro atoms. The molecule has 0 unspecified atom stereocenters. The number of rotatable bonds is 4. The minimum atomic E-state index is 0.670. The molecule has 3 heterocycles. The number of aromatic nitrogens is 4. The second-order valence-corrected chi connectivity index (χ2v) is 5.43. The van der Waals surface area contributed by atoms with Gasteiger partial charge in [-0.3, -0.25) is 4.98 Å². The lowest BCUT2D eigenvalue weighted by molar-refractivity contribution is 0.414. The maximum Gasteiger partial charge on any atom is 0.161 e. The maximum absolute atomic E-state index is 5.23. The highest BCUT2D eigenvalue weighted by Crippen LogP contribution is 2.23. The molecule has 4 rings (SSSR count). The Balaban J connectivity index is 1.83. The molecule has 4 aromatic rings. The second-order valence-electron chi connectivity index (χ2n) is 5.43. The molecule has 0 N–H and O–H groups in total. The van der Waals surface area contributed by atoms with E-state index < -0.39 is 0 Å². The molecule has 0 saturated heterocycles. The molecule has 0 aliphatic rings. The Kier molecular flexibility index (Phi) is 3.67. The summed E-state index contributed by atoms with van der Waals surface area (Å²) in [7, 11) is 1.67. The van der Waals surface area contributed by atoms with E-state index >= 15 is 0 Å². The topological polar surface area (TPSA) is 52.8 Å².